The maximum atomic E-state index is 6.10. The van der Waals surface area contributed by atoms with Crippen LogP contribution in [0.1, 0.15) is 17.5 Å². The minimum Gasteiger partial charge on any atom is -0.356 e. The van der Waals surface area contributed by atoms with Crippen molar-refractivity contribution in [1.82, 2.24) is 10.2 Å². The fraction of sp³-hybridized carbons (Fsp3) is 0.273. The molecule has 17 heavy (non-hydrogen) atoms. The van der Waals surface area contributed by atoms with E-state index in [9.17, 15) is 0 Å². The lowest BCUT2D eigenvalue weighted by Crippen LogP contribution is -1.99. The molecule has 3 nitrogen and oxygen atoms in total. The van der Waals surface area contributed by atoms with Crippen molar-refractivity contribution < 1.29 is 0 Å². The number of rotatable bonds is 4. The summed E-state index contributed by atoms with van der Waals surface area (Å²) in [4.78, 5) is 0. The van der Waals surface area contributed by atoms with E-state index < -0.39 is 0 Å². The molecule has 0 bridgehead atoms. The molecule has 0 radical (unpaired) electrons. The van der Waals surface area contributed by atoms with Crippen molar-refractivity contribution in [1.29, 1.82) is 0 Å². The van der Waals surface area contributed by atoms with Crippen molar-refractivity contribution in [2.45, 2.75) is 19.9 Å². The van der Waals surface area contributed by atoms with Gasteiger partial charge in [-0.25, -0.2) is 0 Å². The molecule has 0 spiro atoms. The van der Waals surface area contributed by atoms with Crippen molar-refractivity contribution in [2.24, 2.45) is 0 Å². The first kappa shape index (κ1) is 12.8. The molecule has 2 rings (SSSR count). The van der Waals surface area contributed by atoms with Crippen LogP contribution in [0.3, 0.4) is 0 Å². The van der Waals surface area contributed by atoms with Crippen LogP contribution in [0.2, 0.25) is 5.02 Å². The molecule has 1 N–H and O–H groups in total. The first-order valence-corrected chi connectivity index (χ1v) is 7.18. The predicted octanol–water partition coefficient (Wildman–Crippen LogP) is 4.13. The number of aryl methyl sites for hydroxylation is 1. The van der Waals surface area contributed by atoms with Gasteiger partial charge in [-0.05, 0) is 30.2 Å². The van der Waals surface area contributed by atoms with Crippen LogP contribution in [-0.2, 0) is 13.0 Å². The van der Waals surface area contributed by atoms with E-state index in [1.165, 1.54) is 0 Å². The largest absolute Gasteiger partial charge is 0.356 e. The molecule has 90 valence electrons. The molecule has 6 heteroatoms. The molecule has 0 aliphatic rings. The zero-order chi connectivity index (χ0) is 12.3. The number of nitrogens with one attached hydrogen (secondary N) is 1. The quantitative estimate of drug-likeness (QED) is 0.915. The van der Waals surface area contributed by atoms with Crippen molar-refractivity contribution in [3.63, 3.8) is 0 Å². The van der Waals surface area contributed by atoms with Crippen LogP contribution in [-0.4, -0.2) is 10.2 Å². The fourth-order valence-electron chi connectivity index (χ4n) is 1.32. The van der Waals surface area contributed by atoms with E-state index in [-0.39, 0.29) is 0 Å². The molecule has 1 heterocycles. The van der Waals surface area contributed by atoms with E-state index in [2.05, 4.69) is 38.4 Å². The second-order valence-electron chi connectivity index (χ2n) is 3.44. The van der Waals surface area contributed by atoms with Gasteiger partial charge in [-0.3, -0.25) is 0 Å². The number of aromatic nitrogens is 2. The minimum atomic E-state index is 0.649. The van der Waals surface area contributed by atoms with Gasteiger partial charge in [0.15, 0.2) is 0 Å². The number of anilines is 1. The third-order valence-corrected chi connectivity index (χ3v) is 4.09. The van der Waals surface area contributed by atoms with Gasteiger partial charge in [-0.2, -0.15) is 0 Å². The van der Waals surface area contributed by atoms with Crippen molar-refractivity contribution >= 4 is 44.0 Å². The predicted molar refractivity (Wildman–Crippen MR) is 75.8 cm³/mol. The molecule has 0 amide bonds. The number of nitrogens with zero attached hydrogens (tertiary/aromatic N) is 2. The maximum Gasteiger partial charge on any atom is 0.205 e. The van der Waals surface area contributed by atoms with Gasteiger partial charge in [0, 0.05) is 16.0 Å². The number of hydrogen-bond donors (Lipinski definition) is 1. The standard InChI is InChI=1S/C11H11BrClN3S/c1-2-10-15-16-11(17-10)14-6-7-5-8(12)3-4-9(7)13/h3-5H,2,6H2,1H3,(H,14,16). The van der Waals surface area contributed by atoms with Gasteiger partial charge >= 0.3 is 0 Å². The third-order valence-electron chi connectivity index (χ3n) is 2.21. The van der Waals surface area contributed by atoms with Crippen molar-refractivity contribution in [3.8, 4) is 0 Å². The van der Waals surface area contributed by atoms with Gasteiger partial charge < -0.3 is 5.32 Å². The van der Waals surface area contributed by atoms with Crippen LogP contribution in [0.15, 0.2) is 22.7 Å². The summed E-state index contributed by atoms with van der Waals surface area (Å²) in [5, 5.41) is 13.9. The van der Waals surface area contributed by atoms with E-state index in [0.717, 1.165) is 31.6 Å². The summed E-state index contributed by atoms with van der Waals surface area (Å²) >= 11 is 11.1. The van der Waals surface area contributed by atoms with E-state index in [4.69, 9.17) is 11.6 Å². The second kappa shape index (κ2) is 5.80. The van der Waals surface area contributed by atoms with Crippen LogP contribution >= 0.6 is 38.9 Å². The van der Waals surface area contributed by atoms with Gasteiger partial charge in [0.2, 0.25) is 5.13 Å². The average Bonchev–Trinajstić information content (AvgIpc) is 2.78. The lowest BCUT2D eigenvalue weighted by Gasteiger charge is -2.05. The zero-order valence-corrected chi connectivity index (χ0v) is 12.4. The molecule has 0 atom stereocenters. The highest BCUT2D eigenvalue weighted by Gasteiger charge is 2.04. The maximum absolute atomic E-state index is 6.10. The molecule has 0 saturated carbocycles. The summed E-state index contributed by atoms with van der Waals surface area (Å²) in [5.41, 5.74) is 1.04. The van der Waals surface area contributed by atoms with E-state index >= 15 is 0 Å². The van der Waals surface area contributed by atoms with Crippen molar-refractivity contribution in [3.05, 3.63) is 38.3 Å². The van der Waals surface area contributed by atoms with Crippen LogP contribution in [0, 0.1) is 0 Å². The Hall–Kier alpha value is -0.650. The van der Waals surface area contributed by atoms with Crippen LogP contribution < -0.4 is 5.32 Å². The molecule has 0 aliphatic carbocycles. The minimum absolute atomic E-state index is 0.649. The third kappa shape index (κ3) is 3.40. The van der Waals surface area contributed by atoms with Gasteiger partial charge in [0.1, 0.15) is 5.01 Å². The molecule has 0 saturated heterocycles. The normalized spacial score (nSPS) is 10.5. The summed E-state index contributed by atoms with van der Waals surface area (Å²) in [5.74, 6) is 0. The average molecular weight is 333 g/mol. The summed E-state index contributed by atoms with van der Waals surface area (Å²) in [7, 11) is 0. The topological polar surface area (TPSA) is 37.8 Å². The Kier molecular flexibility index (Phi) is 4.36. The zero-order valence-electron chi connectivity index (χ0n) is 9.20. The van der Waals surface area contributed by atoms with E-state index in [1.807, 2.05) is 18.2 Å². The van der Waals surface area contributed by atoms with Gasteiger partial charge in [0.05, 0.1) is 0 Å². The Labute approximate surface area is 117 Å². The van der Waals surface area contributed by atoms with Gasteiger partial charge in [-0.15, -0.1) is 10.2 Å². The summed E-state index contributed by atoms with van der Waals surface area (Å²) in [6, 6.07) is 5.79. The fourth-order valence-corrected chi connectivity index (χ4v) is 2.59. The molecule has 0 fully saturated rings. The number of halogens is 2. The lowest BCUT2D eigenvalue weighted by atomic mass is 10.2. The molecular weight excluding hydrogens is 322 g/mol. The molecule has 1 aromatic carbocycles. The van der Waals surface area contributed by atoms with Crippen LogP contribution in [0.25, 0.3) is 0 Å². The highest BCUT2D eigenvalue weighted by molar-refractivity contribution is 9.10. The Morgan fingerprint density at radius 1 is 1.41 bits per heavy atom. The highest BCUT2D eigenvalue weighted by atomic mass is 79.9. The van der Waals surface area contributed by atoms with Gasteiger partial charge in [-0.1, -0.05) is 45.8 Å². The first-order valence-electron chi connectivity index (χ1n) is 5.19. The Balaban J connectivity index is 2.04. The monoisotopic (exact) mass is 331 g/mol. The SMILES string of the molecule is CCc1nnc(NCc2cc(Br)ccc2Cl)s1. The Morgan fingerprint density at radius 2 is 2.24 bits per heavy atom. The second-order valence-corrected chi connectivity index (χ2v) is 5.83. The number of hydrogen-bond acceptors (Lipinski definition) is 4. The lowest BCUT2D eigenvalue weighted by molar-refractivity contribution is 0.975. The highest BCUT2D eigenvalue weighted by Crippen LogP contribution is 2.23. The van der Waals surface area contributed by atoms with E-state index in [0.29, 0.717) is 6.54 Å². The first-order chi connectivity index (χ1) is 8.19. The molecule has 0 aliphatic heterocycles. The molecule has 2 aromatic rings. The molecule has 0 unspecified atom stereocenters. The van der Waals surface area contributed by atoms with Crippen LogP contribution in [0.5, 0.6) is 0 Å². The summed E-state index contributed by atoms with van der Waals surface area (Å²) < 4.78 is 1.02. The Bertz CT molecular complexity index is 515. The Morgan fingerprint density at radius 3 is 2.94 bits per heavy atom. The molecular formula is C11H11BrClN3S. The summed E-state index contributed by atoms with van der Waals surface area (Å²) in [6.45, 7) is 2.71. The van der Waals surface area contributed by atoms with Crippen molar-refractivity contribution in [2.75, 3.05) is 5.32 Å². The molecule has 1 aromatic heterocycles. The number of benzene rings is 1. The summed E-state index contributed by atoms with van der Waals surface area (Å²) in [6.07, 6.45) is 0.914. The van der Waals surface area contributed by atoms with Gasteiger partial charge in [0.25, 0.3) is 0 Å². The van der Waals surface area contributed by atoms with E-state index in [1.54, 1.807) is 11.3 Å². The van der Waals surface area contributed by atoms with Crippen LogP contribution in [0.4, 0.5) is 5.13 Å². The smallest absolute Gasteiger partial charge is 0.205 e.